The van der Waals surface area contributed by atoms with Crippen molar-refractivity contribution in [3.05, 3.63) is 39.6 Å². The molecule has 0 bridgehead atoms. The molecule has 0 aromatic heterocycles. The molecule has 0 unspecified atom stereocenters. The summed E-state index contributed by atoms with van der Waals surface area (Å²) in [7, 11) is 0. The highest BCUT2D eigenvalue weighted by atomic mass is 35.5. The lowest BCUT2D eigenvalue weighted by molar-refractivity contribution is 0.206. The quantitative estimate of drug-likeness (QED) is 0.849. The van der Waals surface area contributed by atoms with Crippen molar-refractivity contribution in [2.75, 3.05) is 24.5 Å². The Morgan fingerprint density at radius 2 is 1.83 bits per heavy atom. The molecule has 0 aliphatic carbocycles. The molecule has 2 aliphatic heterocycles. The van der Waals surface area contributed by atoms with E-state index < -0.39 is 0 Å². The SMILES string of the molecule is CC1=NC(N2CCC(C)(N)CC2)=C(C)CN1c1cccc(Cl)c1Cl. The van der Waals surface area contributed by atoms with Crippen LogP contribution in [0.1, 0.15) is 33.6 Å². The first kappa shape index (κ1) is 17.6. The fraction of sp³-hybridized carbons (Fsp3) is 0.500. The van der Waals surface area contributed by atoms with E-state index in [0.717, 1.165) is 49.8 Å². The maximum Gasteiger partial charge on any atom is 0.131 e. The van der Waals surface area contributed by atoms with Crippen LogP contribution in [0.25, 0.3) is 0 Å². The van der Waals surface area contributed by atoms with Crippen LogP contribution in [0.4, 0.5) is 5.69 Å². The minimum absolute atomic E-state index is 0.0568. The first-order valence-corrected chi connectivity index (χ1v) is 9.04. The van der Waals surface area contributed by atoms with Crippen LogP contribution in [-0.2, 0) is 0 Å². The van der Waals surface area contributed by atoms with Crippen LogP contribution in [0.5, 0.6) is 0 Å². The van der Waals surface area contributed by atoms with Crippen molar-refractivity contribution in [3.8, 4) is 0 Å². The molecule has 2 heterocycles. The summed E-state index contributed by atoms with van der Waals surface area (Å²) in [5.41, 5.74) is 8.32. The number of piperidine rings is 1. The zero-order chi connectivity index (χ0) is 17.5. The summed E-state index contributed by atoms with van der Waals surface area (Å²) in [6, 6.07) is 5.69. The molecule has 4 nitrogen and oxygen atoms in total. The summed E-state index contributed by atoms with van der Waals surface area (Å²) in [6.07, 6.45) is 1.98. The van der Waals surface area contributed by atoms with Crippen LogP contribution < -0.4 is 10.6 Å². The fourth-order valence-corrected chi connectivity index (χ4v) is 3.66. The maximum absolute atomic E-state index is 6.39. The summed E-state index contributed by atoms with van der Waals surface area (Å²) < 4.78 is 0. The van der Waals surface area contributed by atoms with Gasteiger partial charge in [0.2, 0.25) is 0 Å². The summed E-state index contributed by atoms with van der Waals surface area (Å²) in [5.74, 6) is 2.01. The van der Waals surface area contributed by atoms with Crippen molar-refractivity contribution in [3.63, 3.8) is 0 Å². The second kappa shape index (κ2) is 6.58. The van der Waals surface area contributed by atoms with Gasteiger partial charge in [-0.15, -0.1) is 0 Å². The lowest BCUT2D eigenvalue weighted by Crippen LogP contribution is -2.48. The molecule has 0 spiro atoms. The van der Waals surface area contributed by atoms with Gasteiger partial charge in [0.05, 0.1) is 15.7 Å². The van der Waals surface area contributed by atoms with Crippen molar-refractivity contribution >= 4 is 34.7 Å². The lowest BCUT2D eigenvalue weighted by Gasteiger charge is -2.40. The smallest absolute Gasteiger partial charge is 0.131 e. The third-order valence-corrected chi connectivity index (χ3v) is 5.67. The summed E-state index contributed by atoms with van der Waals surface area (Å²) >= 11 is 12.6. The maximum atomic E-state index is 6.39. The predicted octanol–water partition coefficient (Wildman–Crippen LogP) is 4.28. The monoisotopic (exact) mass is 366 g/mol. The van der Waals surface area contributed by atoms with Crippen molar-refractivity contribution in [1.29, 1.82) is 0 Å². The predicted molar refractivity (Wildman–Crippen MR) is 103 cm³/mol. The van der Waals surface area contributed by atoms with E-state index in [9.17, 15) is 0 Å². The van der Waals surface area contributed by atoms with Crippen LogP contribution in [0, 0.1) is 0 Å². The number of amidine groups is 1. The van der Waals surface area contributed by atoms with Gasteiger partial charge in [-0.25, -0.2) is 4.99 Å². The molecule has 1 aromatic rings. The zero-order valence-corrected chi connectivity index (χ0v) is 16.0. The number of hydrogen-bond donors (Lipinski definition) is 1. The number of likely N-dealkylation sites (tertiary alicyclic amines) is 1. The van der Waals surface area contributed by atoms with Gasteiger partial charge in [-0.05, 0) is 51.3 Å². The number of nitrogens with zero attached hydrogens (tertiary/aromatic N) is 3. The third-order valence-electron chi connectivity index (χ3n) is 4.86. The molecule has 24 heavy (non-hydrogen) atoms. The van der Waals surface area contributed by atoms with E-state index in [-0.39, 0.29) is 5.54 Å². The normalized spacial score (nSPS) is 21.2. The van der Waals surface area contributed by atoms with E-state index in [1.54, 1.807) is 6.07 Å². The Balaban J connectivity index is 1.84. The lowest BCUT2D eigenvalue weighted by atomic mass is 9.91. The number of rotatable bonds is 2. The van der Waals surface area contributed by atoms with Gasteiger partial charge in [0.15, 0.2) is 0 Å². The number of hydrogen-bond acceptors (Lipinski definition) is 4. The molecule has 0 amide bonds. The highest BCUT2D eigenvalue weighted by Gasteiger charge is 2.29. The van der Waals surface area contributed by atoms with Crippen molar-refractivity contribution < 1.29 is 0 Å². The van der Waals surface area contributed by atoms with Crippen LogP contribution in [0.3, 0.4) is 0 Å². The molecule has 0 atom stereocenters. The van der Waals surface area contributed by atoms with Gasteiger partial charge in [-0.1, -0.05) is 29.3 Å². The van der Waals surface area contributed by atoms with Crippen LogP contribution >= 0.6 is 23.2 Å². The van der Waals surface area contributed by atoms with Gasteiger partial charge < -0.3 is 15.5 Å². The molecule has 6 heteroatoms. The molecule has 1 fully saturated rings. The molecule has 1 aromatic carbocycles. The molecule has 2 aliphatic rings. The van der Waals surface area contributed by atoms with Gasteiger partial charge in [0.1, 0.15) is 11.7 Å². The Morgan fingerprint density at radius 3 is 2.50 bits per heavy atom. The molecule has 130 valence electrons. The molecule has 2 N–H and O–H groups in total. The van der Waals surface area contributed by atoms with Gasteiger partial charge >= 0.3 is 0 Å². The van der Waals surface area contributed by atoms with Gasteiger partial charge in [-0.3, -0.25) is 0 Å². The topological polar surface area (TPSA) is 44.9 Å². The zero-order valence-electron chi connectivity index (χ0n) is 14.4. The summed E-state index contributed by atoms with van der Waals surface area (Å²) in [6.45, 7) is 8.95. The van der Waals surface area contributed by atoms with E-state index in [0.29, 0.717) is 10.0 Å². The second-order valence-corrected chi connectivity index (χ2v) is 7.85. The number of anilines is 1. The number of halogens is 2. The Bertz CT molecular complexity index is 699. The van der Waals surface area contributed by atoms with Crippen molar-refractivity contribution in [2.45, 2.75) is 39.2 Å². The summed E-state index contributed by atoms with van der Waals surface area (Å²) in [4.78, 5) is 9.34. The molecular weight excluding hydrogens is 343 g/mol. The number of aliphatic imine (C=N–C) groups is 1. The van der Waals surface area contributed by atoms with E-state index in [1.165, 1.54) is 5.57 Å². The van der Waals surface area contributed by atoms with Crippen LogP contribution in [0.2, 0.25) is 10.0 Å². The molecule has 1 saturated heterocycles. The van der Waals surface area contributed by atoms with E-state index in [1.807, 2.05) is 19.1 Å². The van der Waals surface area contributed by atoms with E-state index >= 15 is 0 Å². The largest absolute Gasteiger partial charge is 0.356 e. The van der Waals surface area contributed by atoms with E-state index in [4.69, 9.17) is 33.9 Å². The van der Waals surface area contributed by atoms with Crippen LogP contribution in [-0.4, -0.2) is 35.9 Å². The minimum Gasteiger partial charge on any atom is -0.356 e. The van der Waals surface area contributed by atoms with Gasteiger partial charge in [-0.2, -0.15) is 0 Å². The Kier molecular flexibility index (Phi) is 4.82. The fourth-order valence-electron chi connectivity index (χ4n) is 3.26. The third kappa shape index (κ3) is 3.41. The average Bonchev–Trinajstić information content (AvgIpc) is 2.52. The van der Waals surface area contributed by atoms with Gasteiger partial charge in [0, 0.05) is 25.2 Å². The number of nitrogens with two attached hydrogens (primary N) is 1. The first-order valence-electron chi connectivity index (χ1n) is 8.29. The summed E-state index contributed by atoms with van der Waals surface area (Å²) in [5, 5.41) is 1.13. The van der Waals surface area contributed by atoms with Crippen molar-refractivity contribution in [1.82, 2.24) is 4.90 Å². The first-order chi connectivity index (χ1) is 11.3. The van der Waals surface area contributed by atoms with Crippen molar-refractivity contribution in [2.24, 2.45) is 10.7 Å². The Morgan fingerprint density at radius 1 is 1.17 bits per heavy atom. The van der Waals surface area contributed by atoms with Crippen LogP contribution in [0.15, 0.2) is 34.6 Å². The average molecular weight is 367 g/mol. The molecular formula is C18H24Cl2N4. The highest BCUT2D eigenvalue weighted by Crippen LogP contribution is 2.35. The standard InChI is InChI=1S/C18H24Cl2N4/c1-12-11-24(15-6-4-5-14(19)16(15)20)13(2)22-17(12)23-9-7-18(3,21)8-10-23/h4-6H,7-11,21H2,1-3H3. The Labute approximate surface area is 153 Å². The molecule has 0 radical (unpaired) electrons. The highest BCUT2D eigenvalue weighted by molar-refractivity contribution is 6.44. The molecule has 0 saturated carbocycles. The van der Waals surface area contributed by atoms with E-state index in [2.05, 4.69) is 23.6 Å². The molecule has 3 rings (SSSR count). The number of benzene rings is 1. The Hall–Kier alpha value is -1.23. The minimum atomic E-state index is -0.0568. The van der Waals surface area contributed by atoms with Gasteiger partial charge in [0.25, 0.3) is 0 Å². The second-order valence-electron chi connectivity index (χ2n) is 7.06.